The molecule has 0 saturated carbocycles. The Bertz CT molecular complexity index is 485. The van der Waals surface area contributed by atoms with E-state index >= 15 is 0 Å². The number of H-pyrrole nitrogens is 1. The van der Waals surface area contributed by atoms with Gasteiger partial charge in [-0.2, -0.15) is 0 Å². The van der Waals surface area contributed by atoms with E-state index in [1.165, 1.54) is 5.39 Å². The van der Waals surface area contributed by atoms with Gasteiger partial charge >= 0.3 is 0 Å². The van der Waals surface area contributed by atoms with E-state index in [-0.39, 0.29) is 0 Å². The highest BCUT2D eigenvalue weighted by atomic mass is 35.5. The van der Waals surface area contributed by atoms with Crippen molar-refractivity contribution in [3.05, 3.63) is 41.1 Å². The lowest BCUT2D eigenvalue weighted by Crippen LogP contribution is -1.94. The van der Waals surface area contributed by atoms with E-state index in [9.17, 15) is 0 Å². The number of hydrogen-bond donors (Lipinski definition) is 2. The average Bonchev–Trinajstić information content (AvgIpc) is 2.65. The molecule has 0 aliphatic rings. The molecule has 3 N–H and O–H groups in total. The highest BCUT2D eigenvalue weighted by Gasteiger charge is 2.00. The number of benzene rings is 1. The molecule has 0 unspecified atom stereocenters. The molecule has 0 amide bonds. The molecular weight excluding hydrogens is 208 g/mol. The number of aromatic amines is 1. The summed E-state index contributed by atoms with van der Waals surface area (Å²) in [5.74, 6) is 0. The zero-order chi connectivity index (χ0) is 10.7. The first-order chi connectivity index (χ1) is 7.31. The lowest BCUT2D eigenvalue weighted by atomic mass is 10.1. The molecule has 78 valence electrons. The summed E-state index contributed by atoms with van der Waals surface area (Å²) in [6, 6.07) is 6.05. The van der Waals surface area contributed by atoms with Gasteiger partial charge in [0.15, 0.2) is 0 Å². The van der Waals surface area contributed by atoms with Crippen molar-refractivity contribution < 1.29 is 0 Å². The third-order valence-corrected chi connectivity index (χ3v) is 2.63. The second-order valence-corrected chi connectivity index (χ2v) is 3.83. The highest BCUT2D eigenvalue weighted by Crippen LogP contribution is 2.24. The molecule has 1 heterocycles. The van der Waals surface area contributed by atoms with Crippen LogP contribution in [0.2, 0.25) is 5.02 Å². The highest BCUT2D eigenvalue weighted by molar-refractivity contribution is 6.32. The number of halogens is 1. The van der Waals surface area contributed by atoms with E-state index in [4.69, 9.17) is 17.3 Å². The molecule has 15 heavy (non-hydrogen) atoms. The molecule has 0 fully saturated rings. The fraction of sp³-hybridized carbons (Fsp3) is 0.167. The van der Waals surface area contributed by atoms with Crippen LogP contribution in [-0.2, 0) is 0 Å². The normalized spacial score (nSPS) is 11.6. The maximum Gasteiger partial charge on any atom is 0.0499 e. The van der Waals surface area contributed by atoms with Crippen LogP contribution in [0.1, 0.15) is 12.0 Å². The van der Waals surface area contributed by atoms with Crippen LogP contribution in [0.4, 0.5) is 0 Å². The Morgan fingerprint density at radius 2 is 2.27 bits per heavy atom. The molecule has 0 aliphatic heterocycles. The number of aromatic nitrogens is 1. The van der Waals surface area contributed by atoms with Crippen molar-refractivity contribution >= 4 is 28.6 Å². The van der Waals surface area contributed by atoms with Crippen molar-refractivity contribution in [2.75, 3.05) is 6.54 Å². The summed E-state index contributed by atoms with van der Waals surface area (Å²) in [4.78, 5) is 3.13. The molecule has 0 saturated heterocycles. The first-order valence-electron chi connectivity index (χ1n) is 4.94. The first kappa shape index (κ1) is 10.3. The Labute approximate surface area is 93.7 Å². The minimum atomic E-state index is 0.667. The van der Waals surface area contributed by atoms with Gasteiger partial charge in [-0.15, -0.1) is 0 Å². The summed E-state index contributed by atoms with van der Waals surface area (Å²) in [6.07, 6.45) is 6.84. The van der Waals surface area contributed by atoms with Crippen LogP contribution in [0.5, 0.6) is 0 Å². The molecule has 0 aliphatic carbocycles. The van der Waals surface area contributed by atoms with Gasteiger partial charge in [0.1, 0.15) is 0 Å². The second kappa shape index (κ2) is 4.51. The molecule has 2 rings (SSSR count). The molecule has 0 radical (unpaired) electrons. The van der Waals surface area contributed by atoms with Gasteiger partial charge in [0.25, 0.3) is 0 Å². The molecule has 2 aromatic rings. The molecule has 1 aromatic carbocycles. The molecular formula is C12H13ClN2. The summed E-state index contributed by atoms with van der Waals surface area (Å²) in [6.45, 7) is 0.667. The average molecular weight is 221 g/mol. The topological polar surface area (TPSA) is 41.8 Å². The predicted molar refractivity (Wildman–Crippen MR) is 66.0 cm³/mol. The van der Waals surface area contributed by atoms with Crippen LogP contribution in [-0.4, -0.2) is 11.5 Å². The third-order valence-electron chi connectivity index (χ3n) is 2.30. The van der Waals surface area contributed by atoms with Gasteiger partial charge < -0.3 is 10.7 Å². The van der Waals surface area contributed by atoms with Crippen molar-refractivity contribution in [3.63, 3.8) is 0 Å². The maximum atomic E-state index is 6.14. The molecule has 0 bridgehead atoms. The third kappa shape index (κ3) is 2.22. The van der Waals surface area contributed by atoms with E-state index in [2.05, 4.69) is 11.1 Å². The summed E-state index contributed by atoms with van der Waals surface area (Å²) in [7, 11) is 0. The van der Waals surface area contributed by atoms with Gasteiger partial charge in [0.2, 0.25) is 0 Å². The minimum absolute atomic E-state index is 0.667. The van der Waals surface area contributed by atoms with Gasteiger partial charge in [0, 0.05) is 22.1 Å². The van der Waals surface area contributed by atoms with Gasteiger partial charge in [-0.1, -0.05) is 23.8 Å². The summed E-state index contributed by atoms with van der Waals surface area (Å²) in [5, 5.41) is 1.94. The van der Waals surface area contributed by atoms with Gasteiger partial charge in [-0.3, -0.25) is 0 Å². The minimum Gasteiger partial charge on any atom is -0.361 e. The van der Waals surface area contributed by atoms with Gasteiger partial charge in [-0.25, -0.2) is 0 Å². The molecule has 0 atom stereocenters. The quantitative estimate of drug-likeness (QED) is 0.820. The van der Waals surface area contributed by atoms with Crippen LogP contribution in [0, 0.1) is 0 Å². The van der Waals surface area contributed by atoms with Crippen molar-refractivity contribution in [3.8, 4) is 0 Å². The van der Waals surface area contributed by atoms with Gasteiger partial charge in [-0.05, 0) is 36.7 Å². The Morgan fingerprint density at radius 1 is 1.40 bits per heavy atom. The second-order valence-electron chi connectivity index (χ2n) is 3.42. The fourth-order valence-electron chi connectivity index (χ4n) is 1.53. The van der Waals surface area contributed by atoms with E-state index in [0.717, 1.165) is 22.5 Å². The summed E-state index contributed by atoms with van der Waals surface area (Å²) >= 11 is 6.14. The standard InChI is InChI=1S/C12H13ClN2/c13-11-8-12-10(4-6-15-12)7-9(11)3-1-2-5-14/h1,3-4,6-8,15H,2,5,14H2. The zero-order valence-corrected chi connectivity index (χ0v) is 9.09. The predicted octanol–water partition coefficient (Wildman–Crippen LogP) is 3.18. The number of hydrogen-bond acceptors (Lipinski definition) is 1. The number of rotatable bonds is 3. The monoisotopic (exact) mass is 220 g/mol. The van der Waals surface area contributed by atoms with Crippen LogP contribution in [0.3, 0.4) is 0 Å². The van der Waals surface area contributed by atoms with E-state index in [1.807, 2.05) is 30.5 Å². The van der Waals surface area contributed by atoms with Crippen LogP contribution >= 0.6 is 11.6 Å². The van der Waals surface area contributed by atoms with Crippen LogP contribution in [0.15, 0.2) is 30.5 Å². The maximum absolute atomic E-state index is 6.14. The van der Waals surface area contributed by atoms with Crippen molar-refractivity contribution in [1.82, 2.24) is 4.98 Å². The SMILES string of the molecule is NCCC=Cc1cc2cc[nH]c2cc1Cl. The Hall–Kier alpha value is -1.25. The Balaban J connectivity index is 2.37. The van der Waals surface area contributed by atoms with Crippen molar-refractivity contribution in [2.24, 2.45) is 5.73 Å². The molecule has 1 aromatic heterocycles. The molecule has 2 nitrogen and oxygen atoms in total. The summed E-state index contributed by atoms with van der Waals surface area (Å²) in [5.41, 5.74) is 7.52. The lowest BCUT2D eigenvalue weighted by Gasteiger charge is -1.99. The first-order valence-corrected chi connectivity index (χ1v) is 5.32. The fourth-order valence-corrected chi connectivity index (χ4v) is 1.75. The smallest absolute Gasteiger partial charge is 0.0499 e. The molecule has 3 heteroatoms. The van der Waals surface area contributed by atoms with E-state index < -0.39 is 0 Å². The van der Waals surface area contributed by atoms with E-state index in [1.54, 1.807) is 0 Å². The number of nitrogens with one attached hydrogen (secondary N) is 1. The van der Waals surface area contributed by atoms with Crippen molar-refractivity contribution in [2.45, 2.75) is 6.42 Å². The summed E-state index contributed by atoms with van der Waals surface area (Å²) < 4.78 is 0. The van der Waals surface area contributed by atoms with Crippen LogP contribution in [0.25, 0.3) is 17.0 Å². The van der Waals surface area contributed by atoms with Crippen LogP contribution < -0.4 is 5.73 Å². The number of fused-ring (bicyclic) bond motifs is 1. The largest absolute Gasteiger partial charge is 0.361 e. The van der Waals surface area contributed by atoms with Gasteiger partial charge in [0.05, 0.1) is 0 Å². The zero-order valence-electron chi connectivity index (χ0n) is 8.33. The lowest BCUT2D eigenvalue weighted by molar-refractivity contribution is 1.01. The Morgan fingerprint density at radius 3 is 3.07 bits per heavy atom. The number of nitrogens with two attached hydrogens (primary N) is 1. The van der Waals surface area contributed by atoms with Crippen molar-refractivity contribution in [1.29, 1.82) is 0 Å². The molecule has 0 spiro atoms. The Kier molecular flexibility index (Phi) is 3.09. The van der Waals surface area contributed by atoms with E-state index in [0.29, 0.717) is 6.54 Å².